The third-order valence-corrected chi connectivity index (χ3v) is 1.90. The van der Waals surface area contributed by atoms with Crippen molar-refractivity contribution in [2.45, 2.75) is 25.6 Å². The first-order valence-corrected chi connectivity index (χ1v) is 4.35. The molecular weight excluding hydrogens is 212 g/mol. The highest BCUT2D eigenvalue weighted by atomic mass is 19.4. The summed E-state index contributed by atoms with van der Waals surface area (Å²) in [7, 11) is 0. The van der Waals surface area contributed by atoms with Gasteiger partial charge in [-0.05, 0) is 18.6 Å². The Morgan fingerprint density at radius 3 is 2.40 bits per heavy atom. The van der Waals surface area contributed by atoms with Gasteiger partial charge in [-0.15, -0.1) is 0 Å². The van der Waals surface area contributed by atoms with Gasteiger partial charge in [0.1, 0.15) is 5.82 Å². The highest BCUT2D eigenvalue weighted by Gasteiger charge is 2.34. The zero-order chi connectivity index (χ0) is 11.6. The van der Waals surface area contributed by atoms with E-state index in [9.17, 15) is 17.6 Å². The number of benzene rings is 1. The summed E-state index contributed by atoms with van der Waals surface area (Å²) in [5.74, 6) is -1.30. The lowest BCUT2D eigenvalue weighted by atomic mass is 10.0. The molecule has 1 aromatic carbocycles. The van der Waals surface area contributed by atoms with Crippen molar-refractivity contribution in [3.8, 4) is 0 Å². The Kier molecular flexibility index (Phi) is 3.34. The second-order valence-electron chi connectivity index (χ2n) is 3.33. The molecule has 0 aromatic heterocycles. The van der Waals surface area contributed by atoms with E-state index in [0.717, 1.165) is 6.07 Å². The lowest BCUT2D eigenvalue weighted by molar-refractivity contribution is -0.140. The maximum absolute atomic E-state index is 13.3. The molecule has 5 heteroatoms. The van der Waals surface area contributed by atoms with E-state index in [0.29, 0.717) is 6.07 Å². The zero-order valence-electron chi connectivity index (χ0n) is 7.98. The van der Waals surface area contributed by atoms with E-state index in [1.165, 1.54) is 13.0 Å². The standard InChI is InChI=1S/C10H10F4O/c1-6(15)5-7-3-2-4-8(9(7)11)10(12,13)14/h2-4,6,15H,5H2,1H3. The molecule has 0 bridgehead atoms. The minimum Gasteiger partial charge on any atom is -0.393 e. The molecule has 0 saturated heterocycles. The van der Waals surface area contributed by atoms with Gasteiger partial charge >= 0.3 is 6.18 Å². The summed E-state index contributed by atoms with van der Waals surface area (Å²) in [6.45, 7) is 1.39. The molecule has 1 unspecified atom stereocenters. The predicted octanol–water partition coefficient (Wildman–Crippen LogP) is 2.77. The average Bonchev–Trinajstić information content (AvgIpc) is 2.05. The second-order valence-corrected chi connectivity index (χ2v) is 3.33. The smallest absolute Gasteiger partial charge is 0.393 e. The Hall–Kier alpha value is -1.10. The maximum Gasteiger partial charge on any atom is 0.419 e. The van der Waals surface area contributed by atoms with Crippen LogP contribution in [0.2, 0.25) is 0 Å². The van der Waals surface area contributed by atoms with Gasteiger partial charge in [0.25, 0.3) is 0 Å². The molecule has 0 amide bonds. The summed E-state index contributed by atoms with van der Waals surface area (Å²) < 4.78 is 50.1. The zero-order valence-corrected chi connectivity index (χ0v) is 7.98. The molecule has 0 aliphatic rings. The Bertz CT molecular complexity index is 344. The molecular formula is C10H10F4O. The molecule has 0 fully saturated rings. The van der Waals surface area contributed by atoms with Gasteiger partial charge in [-0.1, -0.05) is 12.1 Å². The summed E-state index contributed by atoms with van der Waals surface area (Å²) >= 11 is 0. The number of hydrogen-bond donors (Lipinski definition) is 1. The van der Waals surface area contributed by atoms with Crippen LogP contribution in [-0.4, -0.2) is 11.2 Å². The van der Waals surface area contributed by atoms with Crippen LogP contribution >= 0.6 is 0 Å². The van der Waals surface area contributed by atoms with Gasteiger partial charge < -0.3 is 5.11 Å². The van der Waals surface area contributed by atoms with Gasteiger partial charge in [-0.25, -0.2) is 4.39 Å². The van der Waals surface area contributed by atoms with Gasteiger partial charge in [0.2, 0.25) is 0 Å². The van der Waals surface area contributed by atoms with E-state index in [4.69, 9.17) is 5.11 Å². The molecule has 15 heavy (non-hydrogen) atoms. The summed E-state index contributed by atoms with van der Waals surface area (Å²) in [4.78, 5) is 0. The molecule has 0 saturated carbocycles. The quantitative estimate of drug-likeness (QED) is 0.763. The lowest BCUT2D eigenvalue weighted by Gasteiger charge is -2.11. The van der Waals surface area contributed by atoms with Crippen LogP contribution in [0.15, 0.2) is 18.2 Å². The Balaban J connectivity index is 3.12. The molecule has 0 spiro atoms. The molecule has 1 rings (SSSR count). The fourth-order valence-corrected chi connectivity index (χ4v) is 1.27. The molecule has 1 atom stereocenters. The summed E-state index contributed by atoms with van der Waals surface area (Å²) in [5.41, 5.74) is -1.42. The van der Waals surface area contributed by atoms with Crippen molar-refractivity contribution in [2.24, 2.45) is 0 Å². The monoisotopic (exact) mass is 222 g/mol. The molecule has 1 N–H and O–H groups in total. The van der Waals surface area contributed by atoms with Crippen LogP contribution in [0.3, 0.4) is 0 Å². The number of aliphatic hydroxyl groups is 1. The van der Waals surface area contributed by atoms with E-state index >= 15 is 0 Å². The SMILES string of the molecule is CC(O)Cc1cccc(C(F)(F)F)c1F. The van der Waals surface area contributed by atoms with Crippen LogP contribution < -0.4 is 0 Å². The summed E-state index contributed by atoms with van der Waals surface area (Å²) in [6, 6.07) is 3.04. The van der Waals surface area contributed by atoms with Crippen molar-refractivity contribution in [1.29, 1.82) is 0 Å². The number of halogens is 4. The lowest BCUT2D eigenvalue weighted by Crippen LogP contribution is -2.12. The molecule has 1 aromatic rings. The first-order chi connectivity index (χ1) is 6.82. The fraction of sp³-hybridized carbons (Fsp3) is 0.400. The molecule has 0 heterocycles. The Labute approximate surface area is 84.3 Å². The van der Waals surface area contributed by atoms with Gasteiger partial charge in [-0.3, -0.25) is 0 Å². The normalized spacial score (nSPS) is 14.0. The van der Waals surface area contributed by atoms with E-state index < -0.39 is 23.7 Å². The first kappa shape index (κ1) is 12.0. The minimum atomic E-state index is -4.70. The Morgan fingerprint density at radius 1 is 1.33 bits per heavy atom. The second kappa shape index (κ2) is 4.18. The highest BCUT2D eigenvalue weighted by molar-refractivity contribution is 5.28. The van der Waals surface area contributed by atoms with Crippen LogP contribution in [0.4, 0.5) is 17.6 Å². The first-order valence-electron chi connectivity index (χ1n) is 4.35. The van der Waals surface area contributed by atoms with Crippen LogP contribution in [0.5, 0.6) is 0 Å². The van der Waals surface area contributed by atoms with Crippen molar-refractivity contribution in [1.82, 2.24) is 0 Å². The number of alkyl halides is 3. The molecule has 1 nitrogen and oxygen atoms in total. The predicted molar refractivity (Wildman–Crippen MR) is 46.8 cm³/mol. The molecule has 0 radical (unpaired) electrons. The Morgan fingerprint density at radius 2 is 1.93 bits per heavy atom. The van der Waals surface area contributed by atoms with Gasteiger partial charge in [0.05, 0.1) is 11.7 Å². The van der Waals surface area contributed by atoms with E-state index in [1.807, 2.05) is 0 Å². The van der Waals surface area contributed by atoms with Crippen molar-refractivity contribution in [3.05, 3.63) is 35.1 Å². The van der Waals surface area contributed by atoms with Crippen LogP contribution in [-0.2, 0) is 12.6 Å². The van der Waals surface area contributed by atoms with Crippen molar-refractivity contribution in [2.75, 3.05) is 0 Å². The van der Waals surface area contributed by atoms with E-state index in [1.54, 1.807) is 0 Å². The number of hydrogen-bond acceptors (Lipinski definition) is 1. The third kappa shape index (κ3) is 2.92. The fourth-order valence-electron chi connectivity index (χ4n) is 1.27. The number of aliphatic hydroxyl groups excluding tert-OH is 1. The van der Waals surface area contributed by atoms with Gasteiger partial charge in [-0.2, -0.15) is 13.2 Å². The largest absolute Gasteiger partial charge is 0.419 e. The summed E-state index contributed by atoms with van der Waals surface area (Å²) in [6.07, 6.45) is -5.70. The maximum atomic E-state index is 13.3. The average molecular weight is 222 g/mol. The van der Waals surface area contributed by atoms with E-state index in [2.05, 4.69) is 0 Å². The van der Waals surface area contributed by atoms with Crippen molar-refractivity contribution in [3.63, 3.8) is 0 Å². The molecule has 84 valence electrons. The van der Waals surface area contributed by atoms with Gasteiger partial charge in [0.15, 0.2) is 0 Å². The minimum absolute atomic E-state index is 0.125. The summed E-state index contributed by atoms with van der Waals surface area (Å²) in [5, 5.41) is 8.98. The van der Waals surface area contributed by atoms with Crippen LogP contribution in [0.1, 0.15) is 18.1 Å². The van der Waals surface area contributed by atoms with Crippen LogP contribution in [0, 0.1) is 5.82 Å². The van der Waals surface area contributed by atoms with Crippen LogP contribution in [0.25, 0.3) is 0 Å². The highest BCUT2D eigenvalue weighted by Crippen LogP contribution is 2.32. The van der Waals surface area contributed by atoms with Gasteiger partial charge in [0, 0.05) is 6.42 Å². The molecule has 0 aliphatic heterocycles. The van der Waals surface area contributed by atoms with E-state index in [-0.39, 0.29) is 12.0 Å². The van der Waals surface area contributed by atoms with Crippen molar-refractivity contribution < 1.29 is 22.7 Å². The third-order valence-electron chi connectivity index (χ3n) is 1.90. The number of rotatable bonds is 2. The topological polar surface area (TPSA) is 20.2 Å². The molecule has 0 aliphatic carbocycles. The van der Waals surface area contributed by atoms with Crippen molar-refractivity contribution >= 4 is 0 Å².